The van der Waals surface area contributed by atoms with E-state index in [2.05, 4.69) is 15.4 Å². The fraction of sp³-hybridized carbons (Fsp3) is 0.444. The lowest BCUT2D eigenvalue weighted by atomic mass is 10.1. The molecule has 10 heteroatoms. The van der Waals surface area contributed by atoms with Crippen molar-refractivity contribution in [1.29, 1.82) is 0 Å². The molecule has 0 saturated carbocycles. The summed E-state index contributed by atoms with van der Waals surface area (Å²) in [7, 11) is 0. The van der Waals surface area contributed by atoms with Crippen LogP contribution in [0.1, 0.15) is 18.0 Å². The number of aromatic nitrogens is 2. The fourth-order valence-electron chi connectivity index (χ4n) is 1.12. The summed E-state index contributed by atoms with van der Waals surface area (Å²) < 4.78 is 31.7. The molecule has 0 unspecified atom stereocenters. The number of halogens is 4. The van der Waals surface area contributed by atoms with Gasteiger partial charge in [-0.25, -0.2) is 14.8 Å². The lowest BCUT2D eigenvalue weighted by Crippen LogP contribution is -2.21. The van der Waals surface area contributed by atoms with E-state index in [1.165, 1.54) is 6.33 Å². The van der Waals surface area contributed by atoms with E-state index < -0.39 is 12.1 Å². The molecular formula is C9H11ClF3N3O3. The Labute approximate surface area is 112 Å². The first-order valence-corrected chi connectivity index (χ1v) is 4.83. The number of rotatable bonds is 1. The summed E-state index contributed by atoms with van der Waals surface area (Å²) in [6.07, 6.45) is 1.05. The van der Waals surface area contributed by atoms with Gasteiger partial charge in [-0.2, -0.15) is 18.7 Å². The van der Waals surface area contributed by atoms with Gasteiger partial charge in [0.25, 0.3) is 0 Å². The molecule has 1 aliphatic rings. The van der Waals surface area contributed by atoms with E-state index in [0.29, 0.717) is 0 Å². The average Bonchev–Trinajstić information content (AvgIpc) is 2.83. The summed E-state index contributed by atoms with van der Waals surface area (Å²) in [5.74, 6) is -2.76. The van der Waals surface area contributed by atoms with Crippen molar-refractivity contribution in [2.45, 2.75) is 18.6 Å². The van der Waals surface area contributed by atoms with E-state index >= 15 is 0 Å². The van der Waals surface area contributed by atoms with Crippen molar-refractivity contribution in [2.75, 3.05) is 6.61 Å². The number of hydroxylamine groups is 1. The molecule has 1 aliphatic heterocycles. The van der Waals surface area contributed by atoms with Gasteiger partial charge in [0.05, 0.1) is 12.6 Å². The monoisotopic (exact) mass is 301 g/mol. The number of nitrogens with one attached hydrogen (secondary N) is 1. The maximum Gasteiger partial charge on any atom is 0.490 e. The lowest BCUT2D eigenvalue weighted by molar-refractivity contribution is -0.192. The molecule has 1 saturated heterocycles. The Morgan fingerprint density at radius 3 is 2.32 bits per heavy atom. The van der Waals surface area contributed by atoms with Crippen LogP contribution in [0.4, 0.5) is 13.2 Å². The van der Waals surface area contributed by atoms with Gasteiger partial charge in [0, 0.05) is 18.0 Å². The number of carboxylic acids is 1. The van der Waals surface area contributed by atoms with Crippen LogP contribution in [0.15, 0.2) is 18.7 Å². The van der Waals surface area contributed by atoms with Gasteiger partial charge < -0.3 is 9.94 Å². The van der Waals surface area contributed by atoms with Crippen molar-refractivity contribution >= 4 is 18.4 Å². The molecule has 2 rings (SSSR count). The van der Waals surface area contributed by atoms with Gasteiger partial charge in [0.2, 0.25) is 0 Å². The highest BCUT2D eigenvalue weighted by atomic mass is 35.5. The molecule has 1 aromatic heterocycles. The third-order valence-corrected chi connectivity index (χ3v) is 1.96. The summed E-state index contributed by atoms with van der Waals surface area (Å²) in [5, 5.41) is 7.12. The number of nitrogens with zero attached hydrogens (tertiary/aromatic N) is 2. The van der Waals surface area contributed by atoms with Crippen molar-refractivity contribution < 1.29 is 27.9 Å². The van der Waals surface area contributed by atoms with Crippen molar-refractivity contribution in [2.24, 2.45) is 0 Å². The van der Waals surface area contributed by atoms with Crippen LogP contribution in [0.25, 0.3) is 0 Å². The molecule has 0 bridgehead atoms. The van der Waals surface area contributed by atoms with Crippen LogP contribution in [-0.2, 0) is 9.63 Å². The topological polar surface area (TPSA) is 84.3 Å². The zero-order chi connectivity index (χ0) is 13.6. The third-order valence-electron chi connectivity index (χ3n) is 1.96. The Bertz CT molecular complexity index is 385. The van der Waals surface area contributed by atoms with Crippen molar-refractivity contribution in [1.82, 2.24) is 15.4 Å². The summed E-state index contributed by atoms with van der Waals surface area (Å²) in [5.41, 5.74) is 3.98. The molecule has 0 aliphatic carbocycles. The minimum absolute atomic E-state index is 0. The van der Waals surface area contributed by atoms with Crippen LogP contribution in [0, 0.1) is 0 Å². The largest absolute Gasteiger partial charge is 0.490 e. The van der Waals surface area contributed by atoms with Gasteiger partial charge in [-0.1, -0.05) is 0 Å². The summed E-state index contributed by atoms with van der Waals surface area (Å²) >= 11 is 0. The number of hydrogen-bond donors (Lipinski definition) is 2. The molecule has 1 atom stereocenters. The van der Waals surface area contributed by atoms with Crippen LogP contribution in [0.2, 0.25) is 0 Å². The molecule has 0 spiro atoms. The molecule has 19 heavy (non-hydrogen) atoms. The highest BCUT2D eigenvalue weighted by molar-refractivity contribution is 5.85. The van der Waals surface area contributed by atoms with E-state index in [4.69, 9.17) is 14.7 Å². The second kappa shape index (κ2) is 7.87. The van der Waals surface area contributed by atoms with Crippen LogP contribution in [-0.4, -0.2) is 33.8 Å². The predicted octanol–water partition coefficient (Wildman–Crippen LogP) is 1.50. The van der Waals surface area contributed by atoms with Crippen molar-refractivity contribution in [3.05, 3.63) is 24.3 Å². The Morgan fingerprint density at radius 2 is 1.95 bits per heavy atom. The molecule has 108 valence electrons. The Morgan fingerprint density at radius 1 is 1.42 bits per heavy atom. The average molecular weight is 302 g/mol. The van der Waals surface area contributed by atoms with E-state index in [1.54, 1.807) is 12.4 Å². The number of carboxylic acid groups (broad SMARTS) is 1. The second-order valence-electron chi connectivity index (χ2n) is 3.28. The molecule has 2 N–H and O–H groups in total. The number of carbonyl (C=O) groups is 1. The van der Waals surface area contributed by atoms with E-state index in [0.717, 1.165) is 18.6 Å². The minimum Gasteiger partial charge on any atom is -0.475 e. The van der Waals surface area contributed by atoms with Gasteiger partial charge in [-0.05, 0) is 6.42 Å². The first-order valence-electron chi connectivity index (χ1n) is 4.83. The van der Waals surface area contributed by atoms with Crippen LogP contribution >= 0.6 is 12.4 Å². The van der Waals surface area contributed by atoms with Gasteiger partial charge in [0.1, 0.15) is 6.33 Å². The Kier molecular flexibility index (Phi) is 7.27. The van der Waals surface area contributed by atoms with E-state index in [-0.39, 0.29) is 18.4 Å². The summed E-state index contributed by atoms with van der Waals surface area (Å²) in [6.45, 7) is 0.763. The molecule has 0 aromatic carbocycles. The summed E-state index contributed by atoms with van der Waals surface area (Å²) in [4.78, 5) is 21.7. The lowest BCUT2D eigenvalue weighted by Gasteiger charge is -2.05. The zero-order valence-electron chi connectivity index (χ0n) is 9.42. The van der Waals surface area contributed by atoms with Gasteiger partial charge in [-0.15, -0.1) is 12.4 Å². The van der Waals surface area contributed by atoms with E-state index in [9.17, 15) is 13.2 Å². The third kappa shape index (κ3) is 6.32. The van der Waals surface area contributed by atoms with E-state index in [1.807, 2.05) is 0 Å². The first-order chi connectivity index (χ1) is 8.41. The zero-order valence-corrected chi connectivity index (χ0v) is 10.2. The highest BCUT2D eigenvalue weighted by Gasteiger charge is 2.38. The van der Waals surface area contributed by atoms with Gasteiger partial charge >= 0.3 is 12.1 Å². The summed E-state index contributed by atoms with van der Waals surface area (Å²) in [6, 6.07) is 0.274. The van der Waals surface area contributed by atoms with Gasteiger partial charge in [0.15, 0.2) is 0 Å². The van der Waals surface area contributed by atoms with Crippen LogP contribution in [0.5, 0.6) is 0 Å². The highest BCUT2D eigenvalue weighted by Crippen LogP contribution is 2.18. The SMILES string of the molecule is Cl.O=C(O)C(F)(F)F.c1ncc([C@@H]2CCON2)cn1. The normalized spacial score (nSPS) is 17.9. The minimum atomic E-state index is -5.08. The van der Waals surface area contributed by atoms with Crippen LogP contribution < -0.4 is 5.48 Å². The van der Waals surface area contributed by atoms with Crippen molar-refractivity contribution in [3.63, 3.8) is 0 Å². The molecule has 1 aromatic rings. The molecule has 0 radical (unpaired) electrons. The maximum atomic E-state index is 10.6. The molecule has 2 heterocycles. The standard InChI is InChI=1S/C7H9N3O.C2HF3O2.ClH/c1-2-11-10-7(1)6-3-8-5-9-4-6;3-2(4,5)1(6)7;/h3-5,7,10H,1-2H2;(H,6,7);1H/t7-;;/m0../s1. The predicted molar refractivity (Wildman–Crippen MR) is 59.4 cm³/mol. The quantitative estimate of drug-likeness (QED) is 0.818. The maximum absolute atomic E-state index is 10.6. The van der Waals surface area contributed by atoms with Gasteiger partial charge in [-0.3, -0.25) is 0 Å². The Hall–Kier alpha value is -1.45. The number of aliphatic carboxylic acids is 1. The number of hydrogen-bond acceptors (Lipinski definition) is 5. The molecule has 0 amide bonds. The van der Waals surface area contributed by atoms with Crippen molar-refractivity contribution in [3.8, 4) is 0 Å². The van der Waals surface area contributed by atoms with Crippen LogP contribution in [0.3, 0.4) is 0 Å². The number of alkyl halides is 3. The molecule has 6 nitrogen and oxygen atoms in total. The smallest absolute Gasteiger partial charge is 0.475 e. The fourth-order valence-corrected chi connectivity index (χ4v) is 1.12. The first kappa shape index (κ1) is 17.6. The second-order valence-corrected chi connectivity index (χ2v) is 3.28. The molecular weight excluding hydrogens is 291 g/mol. The molecule has 1 fully saturated rings. The Balaban J connectivity index is 0.000000360.